The summed E-state index contributed by atoms with van der Waals surface area (Å²) in [6.45, 7) is 3.00. The first-order chi connectivity index (χ1) is 13.7. The third-order valence-corrected chi connectivity index (χ3v) is 5.65. The van der Waals surface area contributed by atoms with E-state index >= 15 is 0 Å². The minimum Gasteiger partial charge on any atom is -0.378 e. The number of hydrogen-bond donors (Lipinski definition) is 1. The van der Waals surface area contributed by atoms with Gasteiger partial charge in [-0.15, -0.1) is 11.8 Å². The molecule has 1 fully saturated rings. The molecule has 0 aliphatic carbocycles. The fraction of sp³-hybridized carbons (Fsp3) is 0.364. The van der Waals surface area contributed by atoms with Crippen molar-refractivity contribution in [2.24, 2.45) is 0 Å². The van der Waals surface area contributed by atoms with Gasteiger partial charge in [0.15, 0.2) is 0 Å². The highest BCUT2D eigenvalue weighted by Crippen LogP contribution is 2.23. The molecule has 2 aromatic rings. The predicted molar refractivity (Wildman–Crippen MR) is 112 cm³/mol. The molecule has 1 aliphatic heterocycles. The van der Waals surface area contributed by atoms with Crippen LogP contribution in [0.25, 0.3) is 0 Å². The lowest BCUT2D eigenvalue weighted by molar-refractivity contribution is -0.132. The van der Waals surface area contributed by atoms with Crippen LogP contribution in [0, 0.1) is 0 Å². The maximum Gasteiger partial charge on any atom is 0.232 e. The number of hydrogen-bond acceptors (Lipinski definition) is 4. The molecule has 1 N–H and O–H groups in total. The van der Waals surface area contributed by atoms with E-state index in [9.17, 15) is 9.59 Å². The topological polar surface area (TPSA) is 58.6 Å². The van der Waals surface area contributed by atoms with E-state index in [1.165, 1.54) is 22.9 Å². The smallest absolute Gasteiger partial charge is 0.232 e. The van der Waals surface area contributed by atoms with Gasteiger partial charge in [0.1, 0.15) is 0 Å². The normalized spacial score (nSPS) is 14.1. The average molecular weight is 399 g/mol. The molecule has 0 unspecified atom stereocenters. The van der Waals surface area contributed by atoms with E-state index in [1.807, 2.05) is 36.4 Å². The second-order valence-electron chi connectivity index (χ2n) is 6.66. The first-order valence-corrected chi connectivity index (χ1v) is 10.7. The van der Waals surface area contributed by atoms with Crippen LogP contribution in [0.3, 0.4) is 0 Å². The van der Waals surface area contributed by atoms with E-state index in [0.717, 1.165) is 0 Å². The summed E-state index contributed by atoms with van der Waals surface area (Å²) < 4.78 is 5.26. The zero-order valence-electron chi connectivity index (χ0n) is 15.9. The Kier molecular flexibility index (Phi) is 7.94. The third-order valence-electron chi connectivity index (χ3n) is 4.73. The number of rotatable bonds is 8. The summed E-state index contributed by atoms with van der Waals surface area (Å²) in [6, 6.07) is 20.4. The summed E-state index contributed by atoms with van der Waals surface area (Å²) in [4.78, 5) is 26.2. The number of ether oxygens (including phenoxy) is 1. The van der Waals surface area contributed by atoms with Crippen molar-refractivity contribution in [2.75, 3.05) is 44.4 Å². The summed E-state index contributed by atoms with van der Waals surface area (Å²) >= 11 is 1.36. The molecule has 0 aromatic heterocycles. The van der Waals surface area contributed by atoms with Crippen molar-refractivity contribution in [1.29, 1.82) is 0 Å². The average Bonchev–Trinajstić information content (AvgIpc) is 2.76. The van der Waals surface area contributed by atoms with Gasteiger partial charge in [-0.25, -0.2) is 0 Å². The quantitative estimate of drug-likeness (QED) is 0.742. The number of nitrogens with zero attached hydrogens (tertiary/aromatic N) is 1. The summed E-state index contributed by atoms with van der Waals surface area (Å²) in [5.74, 6) is 0.746. The lowest BCUT2D eigenvalue weighted by Gasteiger charge is -2.26. The van der Waals surface area contributed by atoms with Crippen LogP contribution in [0.4, 0.5) is 0 Å². The molecular weight excluding hydrogens is 372 g/mol. The van der Waals surface area contributed by atoms with E-state index in [0.29, 0.717) is 38.6 Å². The summed E-state index contributed by atoms with van der Waals surface area (Å²) in [5, 5.41) is 3.03. The zero-order chi connectivity index (χ0) is 19.6. The summed E-state index contributed by atoms with van der Waals surface area (Å²) in [5.41, 5.74) is 2.34. The number of thioether (sulfide) groups is 1. The van der Waals surface area contributed by atoms with Crippen LogP contribution in [0.1, 0.15) is 17.0 Å². The van der Waals surface area contributed by atoms with Crippen molar-refractivity contribution in [2.45, 2.75) is 5.92 Å². The Morgan fingerprint density at radius 2 is 1.50 bits per heavy atom. The van der Waals surface area contributed by atoms with Crippen molar-refractivity contribution >= 4 is 23.6 Å². The minimum atomic E-state index is -0.0448. The molecule has 28 heavy (non-hydrogen) atoms. The van der Waals surface area contributed by atoms with Gasteiger partial charge in [-0.1, -0.05) is 60.7 Å². The molecule has 0 saturated carbocycles. The van der Waals surface area contributed by atoms with Gasteiger partial charge in [0.05, 0.1) is 24.7 Å². The molecular formula is C22H26N2O3S. The second kappa shape index (κ2) is 10.9. The standard InChI is InChI=1S/C22H26N2O3S/c25-21(16-28-17-22(26)24-11-13-27-14-12-24)23-15-20(18-7-3-1-4-8-18)19-9-5-2-6-10-19/h1-10,20H,11-17H2,(H,23,25). The number of carbonyl (C=O) groups is 2. The molecule has 1 saturated heterocycles. The Morgan fingerprint density at radius 1 is 0.929 bits per heavy atom. The second-order valence-corrected chi connectivity index (χ2v) is 7.65. The monoisotopic (exact) mass is 398 g/mol. The van der Waals surface area contributed by atoms with Gasteiger partial charge in [-0.05, 0) is 11.1 Å². The van der Waals surface area contributed by atoms with Crippen molar-refractivity contribution < 1.29 is 14.3 Å². The summed E-state index contributed by atoms with van der Waals surface area (Å²) in [6.07, 6.45) is 0. The number of nitrogens with one attached hydrogen (secondary N) is 1. The number of carbonyl (C=O) groups excluding carboxylic acids is 2. The van der Waals surface area contributed by atoms with Crippen LogP contribution in [0.2, 0.25) is 0 Å². The molecule has 3 rings (SSSR count). The largest absolute Gasteiger partial charge is 0.378 e. The molecule has 5 nitrogen and oxygen atoms in total. The molecule has 0 atom stereocenters. The van der Waals surface area contributed by atoms with Crippen LogP contribution in [0.15, 0.2) is 60.7 Å². The third kappa shape index (κ3) is 6.11. The van der Waals surface area contributed by atoms with Crippen LogP contribution in [-0.2, 0) is 14.3 Å². The maximum atomic E-state index is 12.3. The predicted octanol–water partition coefficient (Wildman–Crippen LogP) is 2.53. The van der Waals surface area contributed by atoms with E-state index in [-0.39, 0.29) is 23.5 Å². The SMILES string of the molecule is O=C(CSCC(=O)N1CCOCC1)NCC(c1ccccc1)c1ccccc1. The van der Waals surface area contributed by atoms with Gasteiger partial charge < -0.3 is 15.0 Å². The molecule has 1 aliphatic rings. The van der Waals surface area contributed by atoms with Crippen molar-refractivity contribution in [1.82, 2.24) is 10.2 Å². The van der Waals surface area contributed by atoms with E-state index in [1.54, 1.807) is 4.90 Å². The molecule has 0 spiro atoms. The molecule has 6 heteroatoms. The van der Waals surface area contributed by atoms with E-state index in [2.05, 4.69) is 29.6 Å². The Hall–Kier alpha value is -2.31. The number of benzene rings is 2. The number of morpholine rings is 1. The van der Waals surface area contributed by atoms with Gasteiger partial charge in [0, 0.05) is 25.6 Å². The molecule has 2 aromatic carbocycles. The van der Waals surface area contributed by atoms with Crippen molar-refractivity contribution in [3.05, 3.63) is 71.8 Å². The Balaban J connectivity index is 1.48. The van der Waals surface area contributed by atoms with E-state index in [4.69, 9.17) is 4.74 Å². The highest BCUT2D eigenvalue weighted by atomic mass is 32.2. The summed E-state index contributed by atoms with van der Waals surface area (Å²) in [7, 11) is 0. The first-order valence-electron chi connectivity index (χ1n) is 9.54. The highest BCUT2D eigenvalue weighted by molar-refractivity contribution is 8.00. The van der Waals surface area contributed by atoms with Crippen LogP contribution in [0.5, 0.6) is 0 Å². The van der Waals surface area contributed by atoms with Crippen LogP contribution in [-0.4, -0.2) is 61.1 Å². The fourth-order valence-electron chi connectivity index (χ4n) is 3.20. The number of amides is 2. The van der Waals surface area contributed by atoms with Gasteiger partial charge in [-0.2, -0.15) is 0 Å². The molecule has 0 bridgehead atoms. The van der Waals surface area contributed by atoms with Crippen molar-refractivity contribution in [3.8, 4) is 0 Å². The van der Waals surface area contributed by atoms with Gasteiger partial charge in [0.25, 0.3) is 0 Å². The first kappa shape index (κ1) is 20.4. The van der Waals surface area contributed by atoms with Gasteiger partial charge in [-0.3, -0.25) is 9.59 Å². The maximum absolute atomic E-state index is 12.3. The Bertz CT molecular complexity index is 709. The fourth-order valence-corrected chi connectivity index (χ4v) is 3.95. The van der Waals surface area contributed by atoms with Crippen LogP contribution >= 0.6 is 11.8 Å². The van der Waals surface area contributed by atoms with Crippen molar-refractivity contribution in [3.63, 3.8) is 0 Å². The lowest BCUT2D eigenvalue weighted by Crippen LogP contribution is -2.41. The highest BCUT2D eigenvalue weighted by Gasteiger charge is 2.18. The minimum absolute atomic E-state index is 0.0448. The molecule has 0 radical (unpaired) electrons. The Morgan fingerprint density at radius 3 is 2.07 bits per heavy atom. The molecule has 1 heterocycles. The lowest BCUT2D eigenvalue weighted by atomic mass is 9.91. The van der Waals surface area contributed by atoms with Gasteiger partial charge >= 0.3 is 0 Å². The molecule has 2 amide bonds. The molecule has 148 valence electrons. The van der Waals surface area contributed by atoms with E-state index < -0.39 is 0 Å². The zero-order valence-corrected chi connectivity index (χ0v) is 16.7. The van der Waals surface area contributed by atoms with Gasteiger partial charge in [0.2, 0.25) is 11.8 Å². The van der Waals surface area contributed by atoms with Crippen LogP contribution < -0.4 is 5.32 Å². The Labute approximate surface area is 170 Å².